The van der Waals surface area contributed by atoms with E-state index in [1.807, 2.05) is 6.92 Å². The fourth-order valence-corrected chi connectivity index (χ4v) is 3.43. The van der Waals surface area contributed by atoms with Gasteiger partial charge in [0.15, 0.2) is 5.76 Å². The highest BCUT2D eigenvalue weighted by molar-refractivity contribution is 6.07. The van der Waals surface area contributed by atoms with Crippen molar-refractivity contribution in [3.8, 4) is 0 Å². The third kappa shape index (κ3) is 3.53. The van der Waals surface area contributed by atoms with Crippen molar-refractivity contribution in [2.75, 3.05) is 26.3 Å². The van der Waals surface area contributed by atoms with E-state index in [0.29, 0.717) is 38.5 Å². The molecule has 0 bridgehead atoms. The molecular weight excluding hydrogens is 322 g/mol. The van der Waals surface area contributed by atoms with Crippen LogP contribution >= 0.6 is 0 Å². The van der Waals surface area contributed by atoms with Gasteiger partial charge >= 0.3 is 0 Å². The number of carbonyl (C=O) groups is 1. The van der Waals surface area contributed by atoms with Crippen molar-refractivity contribution >= 4 is 17.6 Å². The van der Waals surface area contributed by atoms with Crippen molar-refractivity contribution in [2.45, 2.75) is 33.6 Å². The molecule has 4 N–H and O–H groups in total. The van der Waals surface area contributed by atoms with Crippen molar-refractivity contribution in [1.82, 2.24) is 4.90 Å². The van der Waals surface area contributed by atoms with Crippen LogP contribution in [0.3, 0.4) is 0 Å². The summed E-state index contributed by atoms with van der Waals surface area (Å²) in [5.41, 5.74) is 13.2. The lowest BCUT2D eigenvalue weighted by molar-refractivity contribution is 0.0280. The molecule has 0 aromatic carbocycles. The molecule has 136 valence electrons. The number of furan rings is 1. The zero-order valence-corrected chi connectivity index (χ0v) is 15.0. The lowest BCUT2D eigenvalue weighted by Gasteiger charge is -2.29. The zero-order valence-electron chi connectivity index (χ0n) is 15.0. The van der Waals surface area contributed by atoms with Gasteiger partial charge in [0, 0.05) is 30.6 Å². The number of fused-ring (bicyclic) bond motifs is 1. The molecule has 8 nitrogen and oxygen atoms in total. The standard InChI is InChI=1S/C17H25N5O3/c1-10-13-11(20-21-16(18)19)8-17(2,3)9-12(13)25-14(10)15(23)22-4-6-24-7-5-22/h4-9H2,1-3H3,(H4,18,19,21)/b20-11-. The van der Waals surface area contributed by atoms with Gasteiger partial charge in [-0.2, -0.15) is 5.10 Å². The van der Waals surface area contributed by atoms with Crippen molar-refractivity contribution in [2.24, 2.45) is 27.1 Å². The van der Waals surface area contributed by atoms with Crippen LogP contribution in [0.25, 0.3) is 0 Å². The molecule has 0 spiro atoms. The number of rotatable bonds is 2. The highest BCUT2D eigenvalue weighted by atomic mass is 16.5. The maximum absolute atomic E-state index is 12.8. The summed E-state index contributed by atoms with van der Waals surface area (Å²) in [7, 11) is 0. The number of hydrogen-bond acceptors (Lipinski definition) is 5. The van der Waals surface area contributed by atoms with Crippen LogP contribution in [-0.4, -0.2) is 48.8 Å². The predicted molar refractivity (Wildman–Crippen MR) is 94.6 cm³/mol. The summed E-state index contributed by atoms with van der Waals surface area (Å²) in [5, 5.41) is 8.02. The number of carbonyl (C=O) groups excluding carboxylic acids is 1. The van der Waals surface area contributed by atoms with E-state index in [1.165, 1.54) is 0 Å². The van der Waals surface area contributed by atoms with E-state index in [-0.39, 0.29) is 17.3 Å². The first-order valence-electron chi connectivity index (χ1n) is 8.43. The molecule has 1 fully saturated rings. The van der Waals surface area contributed by atoms with Crippen molar-refractivity contribution in [3.63, 3.8) is 0 Å². The van der Waals surface area contributed by atoms with Gasteiger partial charge in [-0.25, -0.2) is 0 Å². The summed E-state index contributed by atoms with van der Waals surface area (Å²) in [4.78, 5) is 14.6. The van der Waals surface area contributed by atoms with E-state index in [4.69, 9.17) is 20.6 Å². The lowest BCUT2D eigenvalue weighted by Crippen LogP contribution is -2.40. The Balaban J connectivity index is 2.01. The van der Waals surface area contributed by atoms with Crippen molar-refractivity contribution in [1.29, 1.82) is 0 Å². The minimum absolute atomic E-state index is 0.0473. The molecule has 8 heteroatoms. The molecular formula is C17H25N5O3. The van der Waals surface area contributed by atoms with E-state index in [1.54, 1.807) is 4.90 Å². The van der Waals surface area contributed by atoms with Crippen molar-refractivity contribution < 1.29 is 13.9 Å². The van der Waals surface area contributed by atoms with Crippen LogP contribution < -0.4 is 11.5 Å². The molecule has 1 saturated heterocycles. The average Bonchev–Trinajstić information content (AvgIpc) is 2.88. The number of ether oxygens (including phenoxy) is 1. The normalized spacial score (nSPS) is 21.1. The Morgan fingerprint density at radius 3 is 2.52 bits per heavy atom. The van der Waals surface area contributed by atoms with Gasteiger partial charge in [-0.05, 0) is 18.8 Å². The molecule has 2 heterocycles. The van der Waals surface area contributed by atoms with Gasteiger partial charge in [0.05, 0.1) is 18.9 Å². The molecule has 3 rings (SSSR count). The van der Waals surface area contributed by atoms with E-state index in [2.05, 4.69) is 24.1 Å². The fourth-order valence-electron chi connectivity index (χ4n) is 3.43. The van der Waals surface area contributed by atoms with E-state index >= 15 is 0 Å². The zero-order chi connectivity index (χ0) is 18.2. The first kappa shape index (κ1) is 17.5. The van der Waals surface area contributed by atoms with Gasteiger partial charge in [-0.15, -0.1) is 5.10 Å². The summed E-state index contributed by atoms with van der Waals surface area (Å²) in [5.74, 6) is 0.953. The smallest absolute Gasteiger partial charge is 0.290 e. The second kappa shape index (κ2) is 6.51. The molecule has 0 saturated carbocycles. The van der Waals surface area contributed by atoms with Crippen LogP contribution in [0.5, 0.6) is 0 Å². The second-order valence-electron chi connectivity index (χ2n) is 7.35. The van der Waals surface area contributed by atoms with E-state index in [0.717, 1.165) is 29.0 Å². The van der Waals surface area contributed by atoms with Crippen LogP contribution in [0.1, 0.15) is 47.7 Å². The quantitative estimate of drug-likeness (QED) is 0.470. The molecule has 0 radical (unpaired) electrons. The monoisotopic (exact) mass is 347 g/mol. The Morgan fingerprint density at radius 2 is 1.88 bits per heavy atom. The van der Waals surface area contributed by atoms with E-state index < -0.39 is 0 Å². The van der Waals surface area contributed by atoms with Gasteiger partial charge in [0.2, 0.25) is 5.96 Å². The first-order valence-corrected chi connectivity index (χ1v) is 8.43. The molecule has 2 aliphatic rings. The van der Waals surface area contributed by atoms with Crippen LogP contribution in [0, 0.1) is 12.3 Å². The molecule has 0 unspecified atom stereocenters. The Hall–Kier alpha value is -2.35. The number of morpholine rings is 1. The largest absolute Gasteiger partial charge is 0.455 e. The highest BCUT2D eigenvalue weighted by Gasteiger charge is 2.37. The Kier molecular flexibility index (Phi) is 4.55. The average molecular weight is 347 g/mol. The van der Waals surface area contributed by atoms with Crippen LogP contribution in [-0.2, 0) is 11.2 Å². The van der Waals surface area contributed by atoms with Crippen molar-refractivity contribution in [3.05, 3.63) is 22.6 Å². The molecule has 1 aliphatic carbocycles. The lowest BCUT2D eigenvalue weighted by atomic mass is 9.75. The second-order valence-corrected chi connectivity index (χ2v) is 7.35. The summed E-state index contributed by atoms with van der Waals surface area (Å²) in [6.45, 7) is 8.39. The molecule has 25 heavy (non-hydrogen) atoms. The topological polar surface area (TPSA) is 119 Å². The SMILES string of the molecule is Cc1c(C(=O)N2CCOCC2)oc2c1/C(=N\N=C(N)N)CC(C)(C)C2. The number of hydrogen-bond donors (Lipinski definition) is 2. The van der Waals surface area contributed by atoms with Crippen LogP contribution in [0.4, 0.5) is 0 Å². The molecule has 1 aromatic rings. The molecule has 1 aromatic heterocycles. The fraction of sp³-hybridized carbons (Fsp3) is 0.588. The summed E-state index contributed by atoms with van der Waals surface area (Å²) >= 11 is 0. The van der Waals surface area contributed by atoms with E-state index in [9.17, 15) is 4.79 Å². The molecule has 1 amide bonds. The molecule has 0 atom stereocenters. The maximum atomic E-state index is 12.8. The van der Waals surface area contributed by atoms with Gasteiger partial charge in [-0.3, -0.25) is 4.79 Å². The van der Waals surface area contributed by atoms with Crippen LogP contribution in [0.15, 0.2) is 14.6 Å². The summed E-state index contributed by atoms with van der Waals surface area (Å²) in [6.07, 6.45) is 1.45. The molecule has 1 aliphatic heterocycles. The first-order chi connectivity index (χ1) is 11.8. The van der Waals surface area contributed by atoms with Gasteiger partial charge in [-0.1, -0.05) is 13.8 Å². The van der Waals surface area contributed by atoms with Gasteiger partial charge in [0.1, 0.15) is 5.76 Å². The third-order valence-corrected chi connectivity index (χ3v) is 4.57. The van der Waals surface area contributed by atoms with Gasteiger partial charge in [0.25, 0.3) is 5.91 Å². The Morgan fingerprint density at radius 1 is 1.20 bits per heavy atom. The number of guanidine groups is 1. The third-order valence-electron chi connectivity index (χ3n) is 4.57. The number of nitrogens with two attached hydrogens (primary N) is 2. The van der Waals surface area contributed by atoms with Gasteiger partial charge < -0.3 is 25.5 Å². The van der Waals surface area contributed by atoms with Crippen LogP contribution in [0.2, 0.25) is 0 Å². The minimum Gasteiger partial charge on any atom is -0.455 e. The number of nitrogens with zero attached hydrogens (tertiary/aromatic N) is 3. The summed E-state index contributed by atoms with van der Waals surface area (Å²) < 4.78 is 11.3. The Bertz CT molecular complexity index is 738. The Labute approximate surface area is 146 Å². The highest BCUT2D eigenvalue weighted by Crippen LogP contribution is 2.39. The maximum Gasteiger partial charge on any atom is 0.290 e. The predicted octanol–water partition coefficient (Wildman–Crippen LogP) is 1.01. The summed E-state index contributed by atoms with van der Waals surface area (Å²) in [6, 6.07) is 0. The minimum atomic E-state index is -0.103. The number of amides is 1.